The second-order valence-electron chi connectivity index (χ2n) is 4.89. The van der Waals surface area contributed by atoms with E-state index in [4.69, 9.17) is 4.74 Å². The van der Waals surface area contributed by atoms with E-state index in [0.717, 1.165) is 11.1 Å². The van der Waals surface area contributed by atoms with Crippen molar-refractivity contribution in [3.05, 3.63) is 71.3 Å². The molecule has 0 aromatic heterocycles. The van der Waals surface area contributed by atoms with Crippen molar-refractivity contribution in [3.8, 4) is 5.75 Å². The maximum Gasteiger partial charge on any atom is 0.273 e. The number of ether oxygens (including phenoxy) is 1. The molecule has 2 aromatic rings. The molecule has 0 saturated heterocycles. The topological polar surface area (TPSA) is 67.4 Å². The van der Waals surface area contributed by atoms with E-state index in [1.165, 1.54) is 13.2 Å². The monoisotopic (exact) mass is 310 g/mol. The number of rotatable bonds is 4. The average Bonchev–Trinajstić information content (AvgIpc) is 2.59. The third kappa shape index (κ3) is 4.71. The van der Waals surface area contributed by atoms with Crippen molar-refractivity contribution in [2.24, 2.45) is 0 Å². The summed E-state index contributed by atoms with van der Waals surface area (Å²) in [6.07, 6.45) is 3.03. The lowest BCUT2D eigenvalue weighted by Crippen LogP contribution is -2.40. The molecule has 2 rings (SSSR count). The molecule has 0 aliphatic rings. The average molecular weight is 310 g/mol. The normalized spacial score (nSPS) is 10.3. The van der Waals surface area contributed by atoms with E-state index in [-0.39, 0.29) is 0 Å². The summed E-state index contributed by atoms with van der Waals surface area (Å²) in [7, 11) is 1.48. The Morgan fingerprint density at radius 3 is 2.39 bits per heavy atom. The van der Waals surface area contributed by atoms with Crippen molar-refractivity contribution in [2.45, 2.75) is 6.92 Å². The van der Waals surface area contributed by atoms with Gasteiger partial charge in [-0.15, -0.1) is 0 Å². The summed E-state index contributed by atoms with van der Waals surface area (Å²) in [6, 6.07) is 14.5. The number of para-hydroxylation sites is 1. The minimum atomic E-state index is -0.445. The number of hydrogen-bond acceptors (Lipinski definition) is 3. The zero-order chi connectivity index (χ0) is 16.7. The first kappa shape index (κ1) is 16.3. The second-order valence-corrected chi connectivity index (χ2v) is 4.89. The van der Waals surface area contributed by atoms with E-state index in [9.17, 15) is 9.59 Å². The minimum absolute atomic E-state index is 0.345. The van der Waals surface area contributed by atoms with Crippen molar-refractivity contribution in [3.63, 3.8) is 0 Å². The van der Waals surface area contributed by atoms with Gasteiger partial charge in [0.05, 0.1) is 12.7 Å². The molecule has 5 nitrogen and oxygen atoms in total. The Morgan fingerprint density at radius 2 is 1.70 bits per heavy atom. The molecule has 0 heterocycles. The van der Waals surface area contributed by atoms with E-state index in [0.29, 0.717) is 11.3 Å². The Kier molecular flexibility index (Phi) is 5.52. The van der Waals surface area contributed by atoms with Crippen LogP contribution in [0, 0.1) is 6.92 Å². The lowest BCUT2D eigenvalue weighted by Gasteiger charge is -2.08. The van der Waals surface area contributed by atoms with Crippen LogP contribution in [-0.4, -0.2) is 18.9 Å². The number of nitrogens with one attached hydrogen (secondary N) is 2. The van der Waals surface area contributed by atoms with Gasteiger partial charge in [-0.3, -0.25) is 20.4 Å². The summed E-state index contributed by atoms with van der Waals surface area (Å²) in [5, 5.41) is 0. The van der Waals surface area contributed by atoms with Crippen molar-refractivity contribution in [2.75, 3.05) is 7.11 Å². The van der Waals surface area contributed by atoms with E-state index < -0.39 is 11.8 Å². The molecule has 0 spiro atoms. The molecule has 0 fully saturated rings. The van der Waals surface area contributed by atoms with Crippen LogP contribution in [0.3, 0.4) is 0 Å². The number of amides is 2. The van der Waals surface area contributed by atoms with Gasteiger partial charge in [0.1, 0.15) is 5.75 Å². The fourth-order valence-corrected chi connectivity index (χ4v) is 1.91. The summed E-state index contributed by atoms with van der Waals surface area (Å²) in [5.41, 5.74) is 7.08. The molecule has 2 aromatic carbocycles. The third-order valence-corrected chi connectivity index (χ3v) is 3.16. The predicted octanol–water partition coefficient (Wildman–Crippen LogP) is 2.48. The van der Waals surface area contributed by atoms with Gasteiger partial charge < -0.3 is 4.74 Å². The molecular weight excluding hydrogens is 292 g/mol. The Morgan fingerprint density at radius 1 is 1.00 bits per heavy atom. The van der Waals surface area contributed by atoms with Gasteiger partial charge in [-0.05, 0) is 30.7 Å². The Labute approximate surface area is 134 Å². The van der Waals surface area contributed by atoms with Gasteiger partial charge in [-0.25, -0.2) is 0 Å². The number of hydrogen-bond donors (Lipinski definition) is 2. The molecule has 5 heteroatoms. The van der Waals surface area contributed by atoms with Gasteiger partial charge in [0.15, 0.2) is 0 Å². The first-order chi connectivity index (χ1) is 11.1. The molecule has 0 bridgehead atoms. The highest BCUT2D eigenvalue weighted by atomic mass is 16.5. The largest absolute Gasteiger partial charge is 0.496 e. The van der Waals surface area contributed by atoms with Crippen LogP contribution < -0.4 is 15.6 Å². The van der Waals surface area contributed by atoms with Crippen molar-refractivity contribution in [1.29, 1.82) is 0 Å². The maximum absolute atomic E-state index is 12.0. The Balaban J connectivity index is 1.91. The first-order valence-corrected chi connectivity index (χ1v) is 7.08. The number of aryl methyl sites for hydroxylation is 1. The molecule has 0 radical (unpaired) electrons. The number of methoxy groups -OCH3 is 1. The molecule has 0 unspecified atom stereocenters. The van der Waals surface area contributed by atoms with E-state index in [2.05, 4.69) is 10.9 Å². The van der Waals surface area contributed by atoms with Crippen LogP contribution in [0.15, 0.2) is 54.6 Å². The highest BCUT2D eigenvalue weighted by Gasteiger charge is 2.11. The van der Waals surface area contributed by atoms with Crippen molar-refractivity contribution < 1.29 is 14.3 Å². The summed E-state index contributed by atoms with van der Waals surface area (Å²) in [6.45, 7) is 1.99. The summed E-state index contributed by atoms with van der Waals surface area (Å²) in [5.74, 6) is -0.428. The summed E-state index contributed by atoms with van der Waals surface area (Å²) >= 11 is 0. The highest BCUT2D eigenvalue weighted by Crippen LogP contribution is 2.16. The number of hydrazine groups is 1. The van der Waals surface area contributed by atoms with Crippen LogP contribution in [0.5, 0.6) is 5.75 Å². The van der Waals surface area contributed by atoms with Crippen LogP contribution in [0.25, 0.3) is 6.08 Å². The van der Waals surface area contributed by atoms with Crippen LogP contribution in [0.1, 0.15) is 21.5 Å². The lowest BCUT2D eigenvalue weighted by atomic mass is 10.1. The smallest absolute Gasteiger partial charge is 0.273 e. The van der Waals surface area contributed by atoms with Gasteiger partial charge in [-0.2, -0.15) is 0 Å². The molecule has 0 aliphatic carbocycles. The Hall–Kier alpha value is -3.08. The molecule has 0 aliphatic heterocycles. The van der Waals surface area contributed by atoms with E-state index in [1.807, 2.05) is 31.2 Å². The molecule has 0 saturated carbocycles. The zero-order valence-corrected chi connectivity index (χ0v) is 13.0. The summed E-state index contributed by atoms with van der Waals surface area (Å²) < 4.78 is 5.10. The van der Waals surface area contributed by atoms with Crippen molar-refractivity contribution in [1.82, 2.24) is 10.9 Å². The first-order valence-electron chi connectivity index (χ1n) is 7.08. The molecule has 2 amide bonds. The number of benzene rings is 2. The molecule has 0 atom stereocenters. The molecule has 23 heavy (non-hydrogen) atoms. The second kappa shape index (κ2) is 7.79. The number of carbonyl (C=O) groups is 2. The van der Waals surface area contributed by atoms with E-state index >= 15 is 0 Å². The zero-order valence-electron chi connectivity index (χ0n) is 13.0. The summed E-state index contributed by atoms with van der Waals surface area (Å²) in [4.78, 5) is 23.7. The SMILES string of the molecule is COc1ccccc1C(=O)NNC(=O)/C=C/c1ccc(C)cc1. The van der Waals surface area contributed by atoms with Crippen LogP contribution >= 0.6 is 0 Å². The standard InChI is InChI=1S/C18H18N2O3/c1-13-7-9-14(10-8-13)11-12-17(21)19-20-18(22)15-5-3-4-6-16(15)23-2/h3-12H,1-2H3,(H,19,21)(H,20,22)/b12-11+. The van der Waals surface area contributed by atoms with Crippen LogP contribution in [0.2, 0.25) is 0 Å². The fraction of sp³-hybridized carbons (Fsp3) is 0.111. The van der Waals surface area contributed by atoms with Crippen molar-refractivity contribution >= 4 is 17.9 Å². The van der Waals surface area contributed by atoms with Crippen LogP contribution in [0.4, 0.5) is 0 Å². The fourth-order valence-electron chi connectivity index (χ4n) is 1.91. The maximum atomic E-state index is 12.0. The lowest BCUT2D eigenvalue weighted by molar-refractivity contribution is -0.117. The highest BCUT2D eigenvalue weighted by molar-refractivity contribution is 5.99. The molecule has 2 N–H and O–H groups in total. The Bertz CT molecular complexity index is 721. The van der Waals surface area contributed by atoms with Gasteiger partial charge in [0, 0.05) is 6.08 Å². The van der Waals surface area contributed by atoms with E-state index in [1.54, 1.807) is 30.3 Å². The molecule has 118 valence electrons. The van der Waals surface area contributed by atoms with Gasteiger partial charge >= 0.3 is 0 Å². The van der Waals surface area contributed by atoms with Gasteiger partial charge in [0.25, 0.3) is 11.8 Å². The number of carbonyl (C=O) groups excluding carboxylic acids is 2. The quantitative estimate of drug-likeness (QED) is 0.673. The van der Waals surface area contributed by atoms with Gasteiger partial charge in [-0.1, -0.05) is 42.0 Å². The van der Waals surface area contributed by atoms with Gasteiger partial charge in [0.2, 0.25) is 0 Å². The third-order valence-electron chi connectivity index (χ3n) is 3.16. The van der Waals surface area contributed by atoms with Crippen LogP contribution in [-0.2, 0) is 4.79 Å². The predicted molar refractivity (Wildman–Crippen MR) is 88.8 cm³/mol. The minimum Gasteiger partial charge on any atom is -0.496 e. The molecular formula is C18H18N2O3.